The molecule has 0 saturated carbocycles. The van der Waals surface area contributed by atoms with Gasteiger partial charge >= 0.3 is 0 Å². The van der Waals surface area contributed by atoms with Gasteiger partial charge in [0.2, 0.25) is 11.8 Å². The first kappa shape index (κ1) is 13.8. The SMILES string of the molecule is CCOc1cc(C=O)cnc1N(C(C)=O)C(C)=O. The van der Waals surface area contributed by atoms with Gasteiger partial charge in [0.05, 0.1) is 6.61 Å². The second kappa shape index (κ2) is 5.90. The van der Waals surface area contributed by atoms with Crippen molar-refractivity contribution in [2.75, 3.05) is 11.5 Å². The van der Waals surface area contributed by atoms with Gasteiger partial charge in [-0.1, -0.05) is 0 Å². The van der Waals surface area contributed by atoms with Crippen molar-refractivity contribution in [3.63, 3.8) is 0 Å². The first-order chi connectivity index (χ1) is 8.51. The van der Waals surface area contributed by atoms with Crippen LogP contribution in [0.4, 0.5) is 5.82 Å². The molecule has 18 heavy (non-hydrogen) atoms. The maximum atomic E-state index is 11.4. The minimum absolute atomic E-state index is 0.0995. The predicted octanol–water partition coefficient (Wildman–Crippen LogP) is 1.19. The van der Waals surface area contributed by atoms with Crippen molar-refractivity contribution in [2.24, 2.45) is 0 Å². The fraction of sp³-hybridized carbons (Fsp3) is 0.333. The van der Waals surface area contributed by atoms with Crippen molar-refractivity contribution in [3.8, 4) is 5.75 Å². The highest BCUT2D eigenvalue weighted by Gasteiger charge is 2.22. The molecular weight excluding hydrogens is 236 g/mol. The molecule has 6 nitrogen and oxygen atoms in total. The second-order valence-electron chi connectivity index (χ2n) is 3.51. The standard InChI is InChI=1S/C12H14N2O4/c1-4-18-11-5-10(7-15)6-13-12(11)14(8(2)16)9(3)17/h5-7H,4H2,1-3H3. The molecule has 0 fully saturated rings. The fourth-order valence-corrected chi connectivity index (χ4v) is 1.47. The lowest BCUT2D eigenvalue weighted by Gasteiger charge is -2.19. The van der Waals surface area contributed by atoms with Gasteiger partial charge in [-0.25, -0.2) is 9.88 Å². The van der Waals surface area contributed by atoms with Gasteiger partial charge in [0.15, 0.2) is 17.9 Å². The van der Waals surface area contributed by atoms with Gasteiger partial charge in [-0.05, 0) is 13.0 Å². The summed E-state index contributed by atoms with van der Waals surface area (Å²) in [4.78, 5) is 38.4. The third-order valence-electron chi connectivity index (χ3n) is 2.13. The molecule has 0 saturated heterocycles. The highest BCUT2D eigenvalue weighted by Crippen LogP contribution is 2.26. The molecule has 1 rings (SSSR count). The van der Waals surface area contributed by atoms with Crippen LogP contribution in [-0.4, -0.2) is 29.7 Å². The number of amides is 2. The Labute approximate surface area is 105 Å². The van der Waals surface area contributed by atoms with Crippen molar-refractivity contribution >= 4 is 23.9 Å². The largest absolute Gasteiger partial charge is 0.490 e. The molecule has 0 aliphatic carbocycles. The van der Waals surface area contributed by atoms with Gasteiger partial charge in [0.1, 0.15) is 0 Å². The molecule has 0 aliphatic heterocycles. The molecule has 0 radical (unpaired) electrons. The van der Waals surface area contributed by atoms with Crippen LogP contribution in [-0.2, 0) is 9.59 Å². The average molecular weight is 250 g/mol. The van der Waals surface area contributed by atoms with E-state index in [4.69, 9.17) is 4.74 Å². The van der Waals surface area contributed by atoms with Gasteiger partial charge in [-0.15, -0.1) is 0 Å². The van der Waals surface area contributed by atoms with Crippen molar-refractivity contribution in [1.29, 1.82) is 0 Å². The number of aldehydes is 1. The molecule has 1 heterocycles. The monoisotopic (exact) mass is 250 g/mol. The van der Waals surface area contributed by atoms with Crippen molar-refractivity contribution < 1.29 is 19.1 Å². The Balaban J connectivity index is 3.32. The third-order valence-corrected chi connectivity index (χ3v) is 2.13. The summed E-state index contributed by atoms with van der Waals surface area (Å²) in [7, 11) is 0. The number of carbonyl (C=O) groups is 3. The fourth-order valence-electron chi connectivity index (χ4n) is 1.47. The smallest absolute Gasteiger partial charge is 0.231 e. The quantitative estimate of drug-likeness (QED) is 0.750. The topological polar surface area (TPSA) is 76.6 Å². The molecular formula is C12H14N2O4. The summed E-state index contributed by atoms with van der Waals surface area (Å²) in [5.74, 6) is -0.598. The minimum Gasteiger partial charge on any atom is -0.490 e. The molecule has 0 unspecified atom stereocenters. The summed E-state index contributed by atoms with van der Waals surface area (Å²) in [5, 5.41) is 0. The highest BCUT2D eigenvalue weighted by molar-refractivity contribution is 6.13. The van der Waals surface area contributed by atoms with E-state index in [1.54, 1.807) is 6.92 Å². The zero-order valence-corrected chi connectivity index (χ0v) is 10.5. The number of imide groups is 1. The van der Waals surface area contributed by atoms with E-state index in [-0.39, 0.29) is 11.6 Å². The Morgan fingerprint density at radius 3 is 2.44 bits per heavy atom. The number of pyridine rings is 1. The first-order valence-corrected chi connectivity index (χ1v) is 5.40. The van der Waals surface area contributed by atoms with Crippen LogP contribution in [0.3, 0.4) is 0 Å². The van der Waals surface area contributed by atoms with Gasteiger partial charge in [0, 0.05) is 25.6 Å². The number of nitrogens with zero attached hydrogens (tertiary/aromatic N) is 2. The molecule has 0 bridgehead atoms. The molecule has 2 amide bonds. The second-order valence-corrected chi connectivity index (χ2v) is 3.51. The molecule has 0 aromatic carbocycles. The van der Waals surface area contributed by atoms with Crippen molar-refractivity contribution in [2.45, 2.75) is 20.8 Å². The van der Waals surface area contributed by atoms with E-state index in [1.165, 1.54) is 26.1 Å². The van der Waals surface area contributed by atoms with Crippen LogP contribution in [0.1, 0.15) is 31.1 Å². The molecule has 0 N–H and O–H groups in total. The van der Waals surface area contributed by atoms with Crippen molar-refractivity contribution in [3.05, 3.63) is 17.8 Å². The predicted molar refractivity (Wildman–Crippen MR) is 64.6 cm³/mol. The maximum Gasteiger partial charge on any atom is 0.231 e. The van der Waals surface area contributed by atoms with Crippen LogP contribution in [0, 0.1) is 0 Å². The lowest BCUT2D eigenvalue weighted by atomic mass is 10.2. The number of anilines is 1. The maximum absolute atomic E-state index is 11.4. The highest BCUT2D eigenvalue weighted by atomic mass is 16.5. The Bertz CT molecular complexity index is 471. The third kappa shape index (κ3) is 2.91. The van der Waals surface area contributed by atoms with E-state index in [1.807, 2.05) is 0 Å². The Morgan fingerprint density at radius 1 is 1.39 bits per heavy atom. The molecule has 1 aromatic heterocycles. The molecule has 0 atom stereocenters. The summed E-state index contributed by atoms with van der Waals surface area (Å²) in [6, 6.07) is 1.44. The lowest BCUT2D eigenvalue weighted by molar-refractivity contribution is -0.124. The number of ether oxygens (including phenoxy) is 1. The van der Waals surface area contributed by atoms with E-state index in [0.717, 1.165) is 4.90 Å². The van der Waals surface area contributed by atoms with E-state index < -0.39 is 11.8 Å². The number of rotatable bonds is 4. The van der Waals surface area contributed by atoms with E-state index in [2.05, 4.69) is 4.98 Å². The Hall–Kier alpha value is -2.24. The molecule has 96 valence electrons. The lowest BCUT2D eigenvalue weighted by Crippen LogP contribution is -2.34. The zero-order valence-electron chi connectivity index (χ0n) is 10.5. The normalized spacial score (nSPS) is 9.72. The summed E-state index contributed by atoms with van der Waals surface area (Å²) in [5.41, 5.74) is 0.314. The van der Waals surface area contributed by atoms with Gasteiger partial charge < -0.3 is 4.74 Å². The van der Waals surface area contributed by atoms with Crippen LogP contribution in [0.2, 0.25) is 0 Å². The van der Waals surface area contributed by atoms with Crippen molar-refractivity contribution in [1.82, 2.24) is 4.98 Å². The zero-order chi connectivity index (χ0) is 13.7. The number of hydrogen-bond donors (Lipinski definition) is 0. The average Bonchev–Trinajstić information content (AvgIpc) is 2.30. The summed E-state index contributed by atoms with van der Waals surface area (Å²) < 4.78 is 5.29. The molecule has 0 aliphatic rings. The van der Waals surface area contributed by atoms with Crippen LogP contribution in [0.25, 0.3) is 0 Å². The number of hydrogen-bond acceptors (Lipinski definition) is 5. The van der Waals surface area contributed by atoms with E-state index in [0.29, 0.717) is 18.5 Å². The Kier molecular flexibility index (Phi) is 4.53. The summed E-state index contributed by atoms with van der Waals surface area (Å²) in [6.07, 6.45) is 1.90. The van der Waals surface area contributed by atoms with Crippen LogP contribution in [0.15, 0.2) is 12.3 Å². The van der Waals surface area contributed by atoms with Gasteiger partial charge in [0.25, 0.3) is 0 Å². The minimum atomic E-state index is -0.463. The Morgan fingerprint density at radius 2 is 2.00 bits per heavy atom. The summed E-state index contributed by atoms with van der Waals surface area (Å²) in [6.45, 7) is 4.60. The van der Waals surface area contributed by atoms with Gasteiger partial charge in [-0.2, -0.15) is 0 Å². The van der Waals surface area contributed by atoms with Crippen LogP contribution >= 0.6 is 0 Å². The van der Waals surface area contributed by atoms with Crippen LogP contribution in [0.5, 0.6) is 5.75 Å². The molecule has 0 spiro atoms. The first-order valence-electron chi connectivity index (χ1n) is 5.40. The van der Waals surface area contributed by atoms with Crippen LogP contribution < -0.4 is 9.64 Å². The molecule has 6 heteroatoms. The van der Waals surface area contributed by atoms with E-state index >= 15 is 0 Å². The van der Waals surface area contributed by atoms with Gasteiger partial charge in [-0.3, -0.25) is 14.4 Å². The van der Waals surface area contributed by atoms with E-state index in [9.17, 15) is 14.4 Å². The number of aromatic nitrogens is 1. The molecule has 1 aromatic rings. The number of carbonyl (C=O) groups excluding carboxylic acids is 3. The summed E-state index contributed by atoms with van der Waals surface area (Å²) >= 11 is 0.